The van der Waals surface area contributed by atoms with Crippen molar-refractivity contribution >= 4 is 27.6 Å². The number of rotatable bonds is 6. The van der Waals surface area contributed by atoms with Crippen LogP contribution in [0.2, 0.25) is 0 Å². The second-order valence-corrected chi connectivity index (χ2v) is 12.1. The van der Waals surface area contributed by atoms with E-state index < -0.39 is 44.3 Å². The first-order chi connectivity index (χ1) is 18.1. The number of ether oxygens (including phenoxy) is 3. The number of nitrogens with zero attached hydrogens (tertiary/aromatic N) is 2. The van der Waals surface area contributed by atoms with Crippen LogP contribution in [0.1, 0.15) is 38.3 Å². The first-order valence-corrected chi connectivity index (χ1v) is 13.6. The van der Waals surface area contributed by atoms with Crippen molar-refractivity contribution < 1.29 is 45.4 Å². The molecule has 0 spiro atoms. The van der Waals surface area contributed by atoms with E-state index in [9.17, 15) is 31.2 Å². The summed E-state index contributed by atoms with van der Waals surface area (Å²) in [4.78, 5) is 26.0. The third-order valence-corrected chi connectivity index (χ3v) is 7.76. The molecule has 2 aromatic carbocycles. The van der Waals surface area contributed by atoms with Crippen LogP contribution in [0.3, 0.4) is 0 Å². The zero-order chi connectivity index (χ0) is 28.6. The van der Waals surface area contributed by atoms with Crippen molar-refractivity contribution in [2.45, 2.75) is 56.4 Å². The maximum atomic E-state index is 13.7. The predicted octanol–water partition coefficient (Wildman–Crippen LogP) is 3.75. The monoisotopic (exact) mass is 570 g/mol. The molecule has 39 heavy (non-hydrogen) atoms. The minimum Gasteiger partial charge on any atom is -0.486 e. The molecule has 0 unspecified atom stereocenters. The topological polar surface area (TPSA) is 102 Å². The molecule has 1 saturated heterocycles. The number of sulfonamides is 1. The Morgan fingerprint density at radius 1 is 1.10 bits per heavy atom. The van der Waals surface area contributed by atoms with Gasteiger partial charge in [0.05, 0.1) is 42.1 Å². The smallest absolute Gasteiger partial charge is 0.416 e. The maximum Gasteiger partial charge on any atom is 0.416 e. The van der Waals surface area contributed by atoms with E-state index in [1.54, 1.807) is 26.8 Å². The molecule has 212 valence electrons. The minimum atomic E-state index is -4.75. The molecule has 0 aromatic heterocycles. The lowest BCUT2D eigenvalue weighted by Gasteiger charge is -2.36. The van der Waals surface area contributed by atoms with Gasteiger partial charge in [0.2, 0.25) is 5.91 Å². The molecule has 0 aliphatic carbocycles. The van der Waals surface area contributed by atoms with Crippen LogP contribution in [0.4, 0.5) is 18.9 Å². The highest BCUT2D eigenvalue weighted by atomic mass is 32.2. The molecular formula is C26H29F3N2O7S. The fraction of sp³-hybridized carbons (Fsp3) is 0.462. The summed E-state index contributed by atoms with van der Waals surface area (Å²) >= 11 is 0. The molecule has 0 bridgehead atoms. The highest BCUT2D eigenvalue weighted by Crippen LogP contribution is 2.39. The Morgan fingerprint density at radius 2 is 1.85 bits per heavy atom. The normalized spacial score (nSPS) is 17.9. The van der Waals surface area contributed by atoms with Crippen molar-refractivity contribution in [3.63, 3.8) is 0 Å². The highest BCUT2D eigenvalue weighted by Gasteiger charge is 2.38. The van der Waals surface area contributed by atoms with Crippen molar-refractivity contribution in [3.8, 4) is 5.75 Å². The number of esters is 1. The van der Waals surface area contributed by atoms with Crippen LogP contribution < -0.4 is 9.04 Å². The summed E-state index contributed by atoms with van der Waals surface area (Å²) in [7, 11) is -4.53. The molecule has 2 aromatic rings. The summed E-state index contributed by atoms with van der Waals surface area (Å²) in [6.07, 6.45) is -6.00. The number of benzene rings is 2. The van der Waals surface area contributed by atoms with E-state index in [4.69, 9.17) is 14.2 Å². The van der Waals surface area contributed by atoms with Gasteiger partial charge in [-0.25, -0.2) is 8.42 Å². The first kappa shape index (κ1) is 28.7. The zero-order valence-corrected chi connectivity index (χ0v) is 22.5. The van der Waals surface area contributed by atoms with Gasteiger partial charge in [0.1, 0.15) is 24.2 Å². The number of hydrogen-bond acceptors (Lipinski definition) is 7. The summed E-state index contributed by atoms with van der Waals surface area (Å²) in [5.74, 6) is -0.734. The van der Waals surface area contributed by atoms with Crippen LogP contribution in [-0.4, -0.2) is 63.3 Å². The fourth-order valence-corrected chi connectivity index (χ4v) is 5.79. The van der Waals surface area contributed by atoms with Gasteiger partial charge in [-0.15, -0.1) is 0 Å². The van der Waals surface area contributed by atoms with E-state index in [-0.39, 0.29) is 43.5 Å². The molecule has 2 aliphatic rings. The summed E-state index contributed by atoms with van der Waals surface area (Å²) in [6, 6.07) is 7.91. The summed E-state index contributed by atoms with van der Waals surface area (Å²) in [5.41, 5.74) is -1.38. The van der Waals surface area contributed by atoms with Crippen LogP contribution in [0.5, 0.6) is 5.75 Å². The number of anilines is 1. The molecule has 1 fully saturated rings. The van der Waals surface area contributed by atoms with Gasteiger partial charge in [-0.3, -0.25) is 13.9 Å². The van der Waals surface area contributed by atoms with Crippen LogP contribution in [0, 0.1) is 0 Å². The van der Waals surface area contributed by atoms with Crippen molar-refractivity contribution in [2.75, 3.05) is 30.7 Å². The third kappa shape index (κ3) is 6.82. The largest absolute Gasteiger partial charge is 0.486 e. The van der Waals surface area contributed by atoms with Gasteiger partial charge >= 0.3 is 12.1 Å². The highest BCUT2D eigenvalue weighted by molar-refractivity contribution is 7.92. The Kier molecular flexibility index (Phi) is 7.86. The van der Waals surface area contributed by atoms with Gasteiger partial charge in [-0.1, -0.05) is 12.1 Å². The quantitative estimate of drug-likeness (QED) is 0.488. The Morgan fingerprint density at radius 3 is 2.49 bits per heavy atom. The van der Waals surface area contributed by atoms with E-state index >= 15 is 0 Å². The minimum absolute atomic E-state index is 0.0432. The van der Waals surface area contributed by atoms with E-state index in [1.165, 1.54) is 17.0 Å². The third-order valence-electron chi connectivity index (χ3n) is 5.98. The molecular weight excluding hydrogens is 541 g/mol. The second kappa shape index (κ2) is 10.7. The molecule has 0 saturated carbocycles. The second-order valence-electron chi connectivity index (χ2n) is 10.3. The van der Waals surface area contributed by atoms with E-state index in [2.05, 4.69) is 0 Å². The van der Waals surface area contributed by atoms with Crippen LogP contribution >= 0.6 is 0 Å². The van der Waals surface area contributed by atoms with Gasteiger partial charge in [-0.05, 0) is 56.7 Å². The van der Waals surface area contributed by atoms with Gasteiger partial charge in [0.25, 0.3) is 10.0 Å². The number of carbonyl (C=O) groups is 2. The van der Waals surface area contributed by atoms with Crippen molar-refractivity contribution in [2.24, 2.45) is 0 Å². The lowest BCUT2D eigenvalue weighted by Crippen LogP contribution is -2.46. The van der Waals surface area contributed by atoms with Gasteiger partial charge in [-0.2, -0.15) is 13.2 Å². The van der Waals surface area contributed by atoms with Gasteiger partial charge < -0.3 is 19.1 Å². The standard InChI is InChI=1S/C26H29F3N2O7S/c1-25(2,3)38-24(33)12-17-7-8-22-21(11-17)31(15-19(37-22)14-23(32)30-9-10-36-16-30)39(34,35)20-6-4-5-18(13-20)26(27,28)29/h4-8,11,13,19H,9-10,12,14-16H2,1-3H3/t19-/m1/s1. The fourth-order valence-electron chi connectivity index (χ4n) is 4.24. The predicted molar refractivity (Wildman–Crippen MR) is 134 cm³/mol. The molecule has 13 heteroatoms. The molecule has 2 aliphatic heterocycles. The first-order valence-electron chi connectivity index (χ1n) is 12.2. The Balaban J connectivity index is 1.70. The average Bonchev–Trinajstić information content (AvgIpc) is 3.37. The lowest BCUT2D eigenvalue weighted by molar-refractivity contribution is -0.154. The lowest BCUT2D eigenvalue weighted by atomic mass is 10.1. The summed E-state index contributed by atoms with van der Waals surface area (Å²) in [6.45, 7) is 5.70. The number of fused-ring (bicyclic) bond motifs is 1. The summed E-state index contributed by atoms with van der Waals surface area (Å²) < 4.78 is 85.0. The number of alkyl halides is 3. The zero-order valence-electron chi connectivity index (χ0n) is 21.7. The average molecular weight is 571 g/mol. The van der Waals surface area contributed by atoms with E-state index in [0.29, 0.717) is 24.8 Å². The number of amides is 1. The van der Waals surface area contributed by atoms with E-state index in [0.717, 1.165) is 22.5 Å². The van der Waals surface area contributed by atoms with Crippen LogP contribution in [-0.2, 0) is 41.7 Å². The van der Waals surface area contributed by atoms with Crippen molar-refractivity contribution in [1.29, 1.82) is 0 Å². The number of hydrogen-bond donors (Lipinski definition) is 0. The molecule has 2 heterocycles. The Hall–Kier alpha value is -3.32. The SMILES string of the molecule is CC(C)(C)OC(=O)Cc1ccc2c(c1)N(S(=O)(=O)c1cccc(C(F)(F)F)c1)C[C@@H](CC(=O)N1CCOC1)O2. The molecule has 1 amide bonds. The molecule has 0 N–H and O–H groups in total. The maximum absolute atomic E-state index is 13.7. The molecule has 9 nitrogen and oxygen atoms in total. The Labute approximate surface area is 224 Å². The molecule has 4 rings (SSSR count). The number of carbonyl (C=O) groups excluding carboxylic acids is 2. The molecule has 1 atom stereocenters. The van der Waals surface area contributed by atoms with E-state index in [1.807, 2.05) is 0 Å². The molecule has 0 radical (unpaired) electrons. The van der Waals surface area contributed by atoms with Crippen molar-refractivity contribution in [3.05, 3.63) is 53.6 Å². The van der Waals surface area contributed by atoms with Gasteiger partial charge in [0.15, 0.2) is 0 Å². The Bertz CT molecular complexity index is 1350. The van der Waals surface area contributed by atoms with Gasteiger partial charge in [0, 0.05) is 6.54 Å². The van der Waals surface area contributed by atoms with Crippen molar-refractivity contribution in [1.82, 2.24) is 4.90 Å². The van der Waals surface area contributed by atoms with Crippen LogP contribution in [0.25, 0.3) is 0 Å². The number of halogens is 3. The summed E-state index contributed by atoms with van der Waals surface area (Å²) in [5, 5.41) is 0. The van der Waals surface area contributed by atoms with Crippen LogP contribution in [0.15, 0.2) is 47.4 Å².